The topological polar surface area (TPSA) is 47.3 Å². The Morgan fingerprint density at radius 3 is 2.71 bits per heavy atom. The monoisotopic (exact) mass is 288 g/mol. The molecule has 0 fully saturated rings. The molecule has 0 radical (unpaired) electrons. The lowest BCUT2D eigenvalue weighted by Crippen LogP contribution is -2.20. The van der Waals surface area contributed by atoms with Gasteiger partial charge in [0.05, 0.1) is 12.8 Å². The zero-order valence-electron chi connectivity index (χ0n) is 12.9. The van der Waals surface area contributed by atoms with Gasteiger partial charge in [-0.3, -0.25) is 0 Å². The molecule has 1 heterocycles. The molecule has 0 saturated carbocycles. The van der Waals surface area contributed by atoms with Crippen molar-refractivity contribution in [3.8, 4) is 11.3 Å². The normalized spacial score (nSPS) is 11.0. The second-order valence-corrected chi connectivity index (χ2v) is 5.02. The van der Waals surface area contributed by atoms with Crippen molar-refractivity contribution >= 4 is 0 Å². The molecule has 0 unspecified atom stereocenters. The van der Waals surface area contributed by atoms with Crippen LogP contribution in [-0.2, 0) is 17.6 Å². The molecule has 2 rings (SSSR count). The van der Waals surface area contributed by atoms with Gasteiger partial charge in [0.15, 0.2) is 11.7 Å². The zero-order chi connectivity index (χ0) is 14.9. The van der Waals surface area contributed by atoms with E-state index in [0.29, 0.717) is 0 Å². The van der Waals surface area contributed by atoms with E-state index in [4.69, 9.17) is 9.15 Å². The fourth-order valence-corrected chi connectivity index (χ4v) is 2.13. The van der Waals surface area contributed by atoms with Crippen LogP contribution in [0.1, 0.15) is 24.8 Å². The summed E-state index contributed by atoms with van der Waals surface area (Å²) in [5, 5.41) is 3.31. The van der Waals surface area contributed by atoms with Crippen LogP contribution < -0.4 is 5.32 Å². The molecule has 0 bridgehead atoms. The maximum Gasteiger partial charge on any atom is 0.194 e. The highest BCUT2D eigenvalue weighted by molar-refractivity contribution is 5.56. The van der Waals surface area contributed by atoms with E-state index in [1.807, 2.05) is 6.20 Å². The maximum absolute atomic E-state index is 5.81. The molecule has 21 heavy (non-hydrogen) atoms. The molecule has 4 nitrogen and oxygen atoms in total. The van der Waals surface area contributed by atoms with Crippen molar-refractivity contribution in [3.05, 3.63) is 41.9 Å². The summed E-state index contributed by atoms with van der Waals surface area (Å²) in [7, 11) is 1.71. The van der Waals surface area contributed by atoms with Crippen LogP contribution in [0.15, 0.2) is 34.9 Å². The zero-order valence-corrected chi connectivity index (χ0v) is 12.9. The standard InChI is InChI=1S/C17H24N2O2/c1-3-14-6-8-15(9-7-14)16-13-19-17(21-16)5-4-10-18-11-12-20-2/h6-9,13,18H,3-5,10-12H2,1-2H3. The van der Waals surface area contributed by atoms with Crippen molar-refractivity contribution < 1.29 is 9.15 Å². The second kappa shape index (κ2) is 8.60. The third-order valence-electron chi connectivity index (χ3n) is 3.43. The van der Waals surface area contributed by atoms with Crippen LogP contribution in [0, 0.1) is 0 Å². The Bertz CT molecular complexity index is 520. The predicted molar refractivity (Wildman–Crippen MR) is 84.4 cm³/mol. The van der Waals surface area contributed by atoms with Crippen LogP contribution in [0.25, 0.3) is 11.3 Å². The minimum absolute atomic E-state index is 0.747. The van der Waals surface area contributed by atoms with Crippen molar-refractivity contribution in [2.24, 2.45) is 0 Å². The Labute approximate surface area is 126 Å². The first kappa shape index (κ1) is 15.7. The fraction of sp³-hybridized carbons (Fsp3) is 0.471. The summed E-state index contributed by atoms with van der Waals surface area (Å²) in [6.07, 6.45) is 4.73. The molecular formula is C17H24N2O2. The lowest BCUT2D eigenvalue weighted by atomic mass is 10.1. The molecule has 0 saturated heterocycles. The summed E-state index contributed by atoms with van der Waals surface area (Å²) >= 11 is 0. The molecule has 1 N–H and O–H groups in total. The van der Waals surface area contributed by atoms with Crippen molar-refractivity contribution in [1.82, 2.24) is 10.3 Å². The number of aromatic nitrogens is 1. The Hall–Kier alpha value is -1.65. The largest absolute Gasteiger partial charge is 0.441 e. The molecule has 0 aliphatic carbocycles. The quantitative estimate of drug-likeness (QED) is 0.720. The van der Waals surface area contributed by atoms with Crippen molar-refractivity contribution in [2.45, 2.75) is 26.2 Å². The molecule has 1 aromatic carbocycles. The number of nitrogens with one attached hydrogen (secondary N) is 1. The van der Waals surface area contributed by atoms with E-state index in [-0.39, 0.29) is 0 Å². The average molecular weight is 288 g/mol. The van der Waals surface area contributed by atoms with Gasteiger partial charge in [0, 0.05) is 25.6 Å². The number of methoxy groups -OCH3 is 1. The number of ether oxygens (including phenoxy) is 1. The Morgan fingerprint density at radius 1 is 1.19 bits per heavy atom. The SMILES string of the molecule is CCc1ccc(-c2cnc(CCCNCCOC)o2)cc1. The second-order valence-electron chi connectivity index (χ2n) is 5.02. The third kappa shape index (κ3) is 4.99. The van der Waals surface area contributed by atoms with Gasteiger partial charge in [-0.15, -0.1) is 0 Å². The summed E-state index contributed by atoms with van der Waals surface area (Å²) in [5.74, 6) is 1.65. The minimum Gasteiger partial charge on any atom is -0.441 e. The predicted octanol–water partition coefficient (Wildman–Crippen LogP) is 3.07. The van der Waals surface area contributed by atoms with E-state index >= 15 is 0 Å². The molecule has 0 aliphatic heterocycles. The van der Waals surface area contributed by atoms with Crippen molar-refractivity contribution in [1.29, 1.82) is 0 Å². The summed E-state index contributed by atoms with van der Waals surface area (Å²) in [4.78, 5) is 4.35. The van der Waals surface area contributed by atoms with Gasteiger partial charge in [-0.1, -0.05) is 31.2 Å². The number of aryl methyl sites for hydroxylation is 2. The summed E-state index contributed by atoms with van der Waals surface area (Å²) in [5.41, 5.74) is 2.42. The van der Waals surface area contributed by atoms with E-state index in [1.54, 1.807) is 7.11 Å². The molecule has 0 atom stereocenters. The van der Waals surface area contributed by atoms with Crippen LogP contribution in [0.2, 0.25) is 0 Å². The average Bonchev–Trinajstić information content (AvgIpc) is 3.00. The van der Waals surface area contributed by atoms with Crippen LogP contribution >= 0.6 is 0 Å². The van der Waals surface area contributed by atoms with E-state index in [0.717, 1.165) is 56.2 Å². The molecule has 0 amide bonds. The molecule has 0 spiro atoms. The first-order valence-electron chi connectivity index (χ1n) is 7.57. The van der Waals surface area contributed by atoms with Gasteiger partial charge in [-0.05, 0) is 24.9 Å². The van der Waals surface area contributed by atoms with Gasteiger partial charge >= 0.3 is 0 Å². The van der Waals surface area contributed by atoms with Gasteiger partial charge in [0.25, 0.3) is 0 Å². The van der Waals surface area contributed by atoms with Crippen LogP contribution in [0.4, 0.5) is 0 Å². The number of hydrogen-bond donors (Lipinski definition) is 1. The molecule has 114 valence electrons. The lowest BCUT2D eigenvalue weighted by molar-refractivity contribution is 0.199. The van der Waals surface area contributed by atoms with E-state index in [2.05, 4.69) is 41.5 Å². The Kier molecular flexibility index (Phi) is 6.44. The summed E-state index contributed by atoms with van der Waals surface area (Å²) in [6.45, 7) is 4.74. The molecule has 1 aromatic heterocycles. The van der Waals surface area contributed by atoms with E-state index < -0.39 is 0 Å². The molecule has 0 aliphatic rings. The first-order valence-corrected chi connectivity index (χ1v) is 7.57. The van der Waals surface area contributed by atoms with Gasteiger partial charge in [0.1, 0.15) is 0 Å². The van der Waals surface area contributed by atoms with Gasteiger partial charge in [0.2, 0.25) is 0 Å². The van der Waals surface area contributed by atoms with E-state index in [9.17, 15) is 0 Å². The highest BCUT2D eigenvalue weighted by atomic mass is 16.5. The smallest absolute Gasteiger partial charge is 0.194 e. The Morgan fingerprint density at radius 2 is 2.00 bits per heavy atom. The number of nitrogens with zero attached hydrogens (tertiary/aromatic N) is 1. The third-order valence-corrected chi connectivity index (χ3v) is 3.43. The highest BCUT2D eigenvalue weighted by Gasteiger charge is 2.06. The first-order chi connectivity index (χ1) is 10.3. The van der Waals surface area contributed by atoms with Crippen molar-refractivity contribution in [3.63, 3.8) is 0 Å². The van der Waals surface area contributed by atoms with Crippen molar-refractivity contribution in [2.75, 3.05) is 26.8 Å². The number of benzene rings is 1. The molecule has 2 aromatic rings. The number of oxazole rings is 1. The van der Waals surface area contributed by atoms with Gasteiger partial charge in [-0.2, -0.15) is 0 Å². The lowest BCUT2D eigenvalue weighted by Gasteiger charge is -2.02. The summed E-state index contributed by atoms with van der Waals surface area (Å²) in [6, 6.07) is 8.46. The van der Waals surface area contributed by atoms with Crippen LogP contribution in [0.3, 0.4) is 0 Å². The van der Waals surface area contributed by atoms with Crippen LogP contribution in [-0.4, -0.2) is 31.8 Å². The summed E-state index contributed by atoms with van der Waals surface area (Å²) < 4.78 is 10.8. The fourth-order valence-electron chi connectivity index (χ4n) is 2.13. The number of hydrogen-bond acceptors (Lipinski definition) is 4. The molecule has 4 heteroatoms. The maximum atomic E-state index is 5.81. The van der Waals surface area contributed by atoms with Gasteiger partial charge in [-0.25, -0.2) is 4.98 Å². The van der Waals surface area contributed by atoms with Crippen LogP contribution in [0.5, 0.6) is 0 Å². The number of rotatable bonds is 9. The van der Waals surface area contributed by atoms with E-state index in [1.165, 1.54) is 5.56 Å². The minimum atomic E-state index is 0.747. The molecular weight excluding hydrogens is 264 g/mol. The Balaban J connectivity index is 1.80. The highest BCUT2D eigenvalue weighted by Crippen LogP contribution is 2.21. The van der Waals surface area contributed by atoms with Gasteiger partial charge < -0.3 is 14.5 Å².